The highest BCUT2D eigenvalue weighted by molar-refractivity contribution is 9.10. The average Bonchev–Trinajstić information content (AvgIpc) is 2.64. The van der Waals surface area contributed by atoms with Crippen molar-refractivity contribution in [3.63, 3.8) is 0 Å². The monoisotopic (exact) mass is 429 g/mol. The third kappa shape index (κ3) is 3.79. The first-order valence-corrected chi connectivity index (χ1v) is 9.82. The number of rotatable bonds is 5. The minimum absolute atomic E-state index is 0.678. The second-order valence-electron chi connectivity index (χ2n) is 6.23. The summed E-state index contributed by atoms with van der Waals surface area (Å²) in [6, 6.07) is 12.1. The lowest BCUT2D eigenvalue weighted by atomic mass is 10.0. The summed E-state index contributed by atoms with van der Waals surface area (Å²) in [7, 11) is 1.65. The van der Waals surface area contributed by atoms with Crippen LogP contribution in [0.3, 0.4) is 0 Å². The van der Waals surface area contributed by atoms with E-state index in [-0.39, 0.29) is 0 Å². The number of allylic oxidation sites excluding steroid dienone is 1. The van der Waals surface area contributed by atoms with E-state index in [4.69, 9.17) is 21.3 Å². The molecule has 0 amide bonds. The van der Waals surface area contributed by atoms with Crippen molar-refractivity contribution in [3.05, 3.63) is 63.1 Å². The molecule has 0 fully saturated rings. The van der Waals surface area contributed by atoms with E-state index in [1.54, 1.807) is 7.11 Å². The maximum atomic E-state index is 6.54. The van der Waals surface area contributed by atoms with Gasteiger partial charge in [-0.15, -0.1) is 0 Å². The lowest BCUT2D eigenvalue weighted by Crippen LogP contribution is -1.92. The number of nitrogens with zero attached hydrogens (tertiary/aromatic N) is 1. The van der Waals surface area contributed by atoms with Crippen LogP contribution in [-0.4, -0.2) is 12.1 Å². The summed E-state index contributed by atoms with van der Waals surface area (Å²) in [6.45, 7) is 4.30. The van der Waals surface area contributed by atoms with Crippen molar-refractivity contribution >= 4 is 44.5 Å². The minimum atomic E-state index is 0.678. The molecule has 0 unspecified atom stereocenters. The predicted octanol–water partition coefficient (Wildman–Crippen LogP) is 7.45. The Morgan fingerprint density at radius 1 is 1.19 bits per heavy atom. The summed E-state index contributed by atoms with van der Waals surface area (Å²) in [5.41, 5.74) is 5.15. The van der Waals surface area contributed by atoms with Crippen LogP contribution in [0.2, 0.25) is 5.02 Å². The first-order valence-electron chi connectivity index (χ1n) is 8.65. The van der Waals surface area contributed by atoms with Gasteiger partial charge in [0.15, 0.2) is 0 Å². The van der Waals surface area contributed by atoms with E-state index < -0.39 is 0 Å². The first kappa shape index (κ1) is 18.9. The van der Waals surface area contributed by atoms with E-state index in [1.807, 2.05) is 18.2 Å². The molecule has 2 nitrogen and oxygen atoms in total. The second kappa shape index (κ2) is 8.24. The van der Waals surface area contributed by atoms with Crippen LogP contribution in [-0.2, 0) is 0 Å². The fourth-order valence-corrected chi connectivity index (χ4v) is 3.71. The van der Waals surface area contributed by atoms with Gasteiger partial charge in [0.2, 0.25) is 0 Å². The number of benzene rings is 2. The molecule has 0 aliphatic rings. The molecular formula is C22H21BrClNO. The molecule has 0 radical (unpaired) electrons. The van der Waals surface area contributed by atoms with Crippen LogP contribution in [0, 0.1) is 6.92 Å². The first-order chi connectivity index (χ1) is 12.5. The molecule has 2 aromatic carbocycles. The van der Waals surface area contributed by atoms with Gasteiger partial charge in [0, 0.05) is 10.9 Å². The van der Waals surface area contributed by atoms with Crippen LogP contribution >= 0.6 is 27.5 Å². The molecular weight excluding hydrogens is 410 g/mol. The molecule has 1 aromatic heterocycles. The van der Waals surface area contributed by atoms with Gasteiger partial charge in [-0.3, -0.25) is 0 Å². The Kier molecular flexibility index (Phi) is 6.00. The number of pyridine rings is 1. The van der Waals surface area contributed by atoms with Gasteiger partial charge in [-0.2, -0.15) is 0 Å². The fourth-order valence-electron chi connectivity index (χ4n) is 2.86. The van der Waals surface area contributed by atoms with Crippen LogP contribution in [0.15, 0.2) is 46.9 Å². The van der Waals surface area contributed by atoms with Crippen LogP contribution in [0.5, 0.6) is 5.75 Å². The molecule has 3 rings (SSSR count). The highest BCUT2D eigenvalue weighted by Crippen LogP contribution is 2.37. The number of unbranched alkanes of at least 4 members (excludes halogenated alkanes) is 1. The van der Waals surface area contributed by atoms with Gasteiger partial charge < -0.3 is 4.74 Å². The standard InChI is InChI=1S/C22H21BrClNO/c1-4-5-6-7-15-12-16(9-8-14(15)2)19-13-18(24)17-10-11-20(26-3)21(23)22(17)25-19/h6-13H,4-5H2,1-3H3/b7-6-. The molecule has 1 heterocycles. The second-order valence-corrected chi connectivity index (χ2v) is 7.43. The van der Waals surface area contributed by atoms with Crippen molar-refractivity contribution in [2.45, 2.75) is 26.7 Å². The zero-order valence-corrected chi connectivity index (χ0v) is 17.5. The SMILES string of the molecule is CCC/C=C\c1cc(-c2cc(Cl)c3ccc(OC)c(Br)c3n2)ccc1C. The topological polar surface area (TPSA) is 22.1 Å². The quantitative estimate of drug-likeness (QED) is 0.419. The third-order valence-electron chi connectivity index (χ3n) is 4.38. The van der Waals surface area contributed by atoms with E-state index in [0.717, 1.165) is 45.2 Å². The predicted molar refractivity (Wildman–Crippen MR) is 115 cm³/mol. The van der Waals surface area contributed by atoms with Crippen molar-refractivity contribution in [2.24, 2.45) is 0 Å². The molecule has 0 N–H and O–H groups in total. The van der Waals surface area contributed by atoms with Crippen molar-refractivity contribution in [1.29, 1.82) is 0 Å². The van der Waals surface area contributed by atoms with Crippen molar-refractivity contribution in [1.82, 2.24) is 4.98 Å². The van der Waals surface area contributed by atoms with E-state index in [2.05, 4.69) is 60.1 Å². The van der Waals surface area contributed by atoms with Gasteiger partial charge in [0.05, 0.1) is 27.8 Å². The molecule has 4 heteroatoms. The Hall–Kier alpha value is -1.84. The third-order valence-corrected chi connectivity index (χ3v) is 5.46. The maximum absolute atomic E-state index is 6.54. The number of methoxy groups -OCH3 is 1. The van der Waals surface area contributed by atoms with Crippen molar-refractivity contribution in [3.8, 4) is 17.0 Å². The number of hydrogen-bond donors (Lipinski definition) is 0. The lowest BCUT2D eigenvalue weighted by molar-refractivity contribution is 0.413. The molecule has 0 spiro atoms. The van der Waals surface area contributed by atoms with E-state index in [9.17, 15) is 0 Å². The Morgan fingerprint density at radius 3 is 2.73 bits per heavy atom. The van der Waals surface area contributed by atoms with E-state index in [0.29, 0.717) is 5.02 Å². The largest absolute Gasteiger partial charge is 0.495 e. The fraction of sp³-hybridized carbons (Fsp3) is 0.227. The van der Waals surface area contributed by atoms with Crippen molar-refractivity contribution < 1.29 is 4.74 Å². The minimum Gasteiger partial charge on any atom is -0.495 e. The van der Waals surface area contributed by atoms with Crippen LogP contribution in [0.25, 0.3) is 28.2 Å². The van der Waals surface area contributed by atoms with Gasteiger partial charge in [0.25, 0.3) is 0 Å². The number of hydrogen-bond acceptors (Lipinski definition) is 2. The molecule has 0 saturated carbocycles. The lowest BCUT2D eigenvalue weighted by Gasteiger charge is -2.11. The molecule has 134 valence electrons. The zero-order valence-electron chi connectivity index (χ0n) is 15.1. The number of aromatic nitrogens is 1. The highest BCUT2D eigenvalue weighted by atomic mass is 79.9. The highest BCUT2D eigenvalue weighted by Gasteiger charge is 2.12. The Labute approximate surface area is 168 Å². The maximum Gasteiger partial charge on any atom is 0.135 e. The van der Waals surface area contributed by atoms with Gasteiger partial charge >= 0.3 is 0 Å². The van der Waals surface area contributed by atoms with Crippen LogP contribution < -0.4 is 4.74 Å². The molecule has 0 atom stereocenters. The number of ether oxygens (including phenoxy) is 1. The molecule has 0 aliphatic heterocycles. The molecule has 3 aromatic rings. The summed E-state index contributed by atoms with van der Waals surface area (Å²) in [5.74, 6) is 0.741. The average molecular weight is 431 g/mol. The Morgan fingerprint density at radius 2 is 2.00 bits per heavy atom. The normalized spacial score (nSPS) is 11.4. The van der Waals surface area contributed by atoms with E-state index in [1.165, 1.54) is 11.1 Å². The number of aryl methyl sites for hydroxylation is 1. The Balaban J connectivity index is 2.13. The molecule has 0 aliphatic carbocycles. The van der Waals surface area contributed by atoms with Gasteiger partial charge in [-0.05, 0) is 64.7 Å². The molecule has 26 heavy (non-hydrogen) atoms. The van der Waals surface area contributed by atoms with Gasteiger partial charge in [0.1, 0.15) is 5.75 Å². The van der Waals surface area contributed by atoms with Crippen LogP contribution in [0.1, 0.15) is 30.9 Å². The smallest absolute Gasteiger partial charge is 0.135 e. The molecule has 0 saturated heterocycles. The summed E-state index contributed by atoms with van der Waals surface area (Å²) in [6.07, 6.45) is 6.63. The van der Waals surface area contributed by atoms with Crippen molar-refractivity contribution in [2.75, 3.05) is 7.11 Å². The number of halogens is 2. The van der Waals surface area contributed by atoms with Crippen LogP contribution in [0.4, 0.5) is 0 Å². The van der Waals surface area contributed by atoms with Gasteiger partial charge in [-0.1, -0.05) is 49.2 Å². The number of fused-ring (bicyclic) bond motifs is 1. The summed E-state index contributed by atoms with van der Waals surface area (Å²) < 4.78 is 6.21. The summed E-state index contributed by atoms with van der Waals surface area (Å²) in [5, 5.41) is 1.58. The summed E-state index contributed by atoms with van der Waals surface area (Å²) in [4.78, 5) is 4.85. The van der Waals surface area contributed by atoms with E-state index >= 15 is 0 Å². The zero-order chi connectivity index (χ0) is 18.7. The van der Waals surface area contributed by atoms with Gasteiger partial charge in [-0.25, -0.2) is 4.98 Å². The molecule has 0 bridgehead atoms. The Bertz CT molecular complexity index is 982. The summed E-state index contributed by atoms with van der Waals surface area (Å²) >= 11 is 10.1.